The molecule has 0 amide bonds. The van der Waals surface area contributed by atoms with E-state index in [1.54, 1.807) is 12.1 Å². The SMILES string of the molecule is CCCCOCCOCCOCCOS(=O)(=O)c1ccc(C)cc1. The minimum absolute atomic E-state index is 0.0175. The Hall–Kier alpha value is -0.990. The number of hydrogen-bond donors (Lipinski definition) is 0. The molecular formula is C17H28O6S. The number of hydrogen-bond acceptors (Lipinski definition) is 6. The van der Waals surface area contributed by atoms with Crippen molar-refractivity contribution in [2.75, 3.05) is 46.2 Å². The zero-order valence-corrected chi connectivity index (χ0v) is 15.3. The fourth-order valence-electron chi connectivity index (χ4n) is 1.76. The van der Waals surface area contributed by atoms with Gasteiger partial charge in [0.15, 0.2) is 0 Å². The van der Waals surface area contributed by atoms with Crippen LogP contribution >= 0.6 is 0 Å². The molecule has 0 saturated carbocycles. The standard InChI is InChI=1S/C17H28O6S/c1-3-4-9-20-10-11-21-12-13-22-14-15-23-24(18,19)17-7-5-16(2)6-8-17/h5-8H,3-4,9-15H2,1-2H3. The first-order valence-electron chi connectivity index (χ1n) is 8.25. The molecule has 0 spiro atoms. The summed E-state index contributed by atoms with van der Waals surface area (Å²) in [7, 11) is -3.72. The predicted octanol–water partition coefficient (Wildman–Crippen LogP) is 2.55. The lowest BCUT2D eigenvalue weighted by Crippen LogP contribution is -2.14. The third-order valence-corrected chi connectivity index (χ3v) is 4.49. The van der Waals surface area contributed by atoms with Crippen molar-refractivity contribution in [1.29, 1.82) is 0 Å². The summed E-state index contributed by atoms with van der Waals surface area (Å²) < 4.78 is 44.7. The lowest BCUT2D eigenvalue weighted by Gasteiger charge is -2.08. The first-order valence-corrected chi connectivity index (χ1v) is 9.66. The number of ether oxygens (including phenoxy) is 3. The summed E-state index contributed by atoms with van der Waals surface area (Å²) in [5.41, 5.74) is 0.994. The minimum atomic E-state index is -3.72. The van der Waals surface area contributed by atoms with E-state index in [1.165, 1.54) is 12.1 Å². The van der Waals surface area contributed by atoms with Gasteiger partial charge in [-0.25, -0.2) is 0 Å². The van der Waals surface area contributed by atoms with Gasteiger partial charge in [-0.3, -0.25) is 4.18 Å². The van der Waals surface area contributed by atoms with Gasteiger partial charge in [0.05, 0.1) is 44.5 Å². The second-order valence-electron chi connectivity index (χ2n) is 5.28. The van der Waals surface area contributed by atoms with Gasteiger partial charge in [0.25, 0.3) is 10.1 Å². The summed E-state index contributed by atoms with van der Waals surface area (Å²) in [5, 5.41) is 0. The first-order chi connectivity index (χ1) is 11.6. The molecular weight excluding hydrogens is 332 g/mol. The molecule has 0 heterocycles. The maximum absolute atomic E-state index is 11.9. The summed E-state index contributed by atoms with van der Waals surface area (Å²) in [6.45, 7) is 6.91. The molecule has 1 aromatic rings. The summed E-state index contributed by atoms with van der Waals surface area (Å²) >= 11 is 0. The highest BCUT2D eigenvalue weighted by molar-refractivity contribution is 7.86. The Morgan fingerprint density at radius 2 is 1.29 bits per heavy atom. The van der Waals surface area contributed by atoms with Gasteiger partial charge in [-0.2, -0.15) is 8.42 Å². The fraction of sp³-hybridized carbons (Fsp3) is 0.647. The van der Waals surface area contributed by atoms with Crippen LogP contribution in [0, 0.1) is 6.92 Å². The zero-order chi connectivity index (χ0) is 17.7. The Labute approximate surface area is 145 Å². The highest BCUT2D eigenvalue weighted by Crippen LogP contribution is 2.12. The highest BCUT2D eigenvalue weighted by atomic mass is 32.2. The van der Waals surface area contributed by atoms with Crippen LogP contribution in [0.1, 0.15) is 25.3 Å². The van der Waals surface area contributed by atoms with Crippen LogP contribution in [0.5, 0.6) is 0 Å². The molecule has 0 N–H and O–H groups in total. The topological polar surface area (TPSA) is 71.1 Å². The van der Waals surface area contributed by atoms with E-state index in [0.29, 0.717) is 26.4 Å². The average Bonchev–Trinajstić information content (AvgIpc) is 2.56. The Kier molecular flexibility index (Phi) is 10.9. The van der Waals surface area contributed by atoms with Gasteiger partial charge in [0.1, 0.15) is 0 Å². The molecule has 0 saturated heterocycles. The van der Waals surface area contributed by atoms with E-state index >= 15 is 0 Å². The molecule has 0 unspecified atom stereocenters. The molecule has 1 aromatic carbocycles. The molecule has 0 radical (unpaired) electrons. The second kappa shape index (κ2) is 12.4. The third kappa shape index (κ3) is 9.34. The van der Waals surface area contributed by atoms with Gasteiger partial charge in [-0.1, -0.05) is 31.0 Å². The Morgan fingerprint density at radius 3 is 1.83 bits per heavy atom. The number of aryl methyl sites for hydroxylation is 1. The number of benzene rings is 1. The van der Waals surface area contributed by atoms with Crippen LogP contribution in [0.15, 0.2) is 29.2 Å². The van der Waals surface area contributed by atoms with Crippen molar-refractivity contribution >= 4 is 10.1 Å². The van der Waals surface area contributed by atoms with Crippen molar-refractivity contribution in [2.45, 2.75) is 31.6 Å². The van der Waals surface area contributed by atoms with E-state index in [9.17, 15) is 8.42 Å². The van der Waals surface area contributed by atoms with Crippen LogP contribution in [0.4, 0.5) is 0 Å². The lowest BCUT2D eigenvalue weighted by atomic mass is 10.2. The first kappa shape index (κ1) is 21.1. The van der Waals surface area contributed by atoms with Crippen molar-refractivity contribution in [1.82, 2.24) is 0 Å². The summed E-state index contributed by atoms with van der Waals surface area (Å²) in [4.78, 5) is 0.152. The molecule has 7 heteroatoms. The van der Waals surface area contributed by atoms with Crippen molar-refractivity contribution in [3.63, 3.8) is 0 Å². The van der Waals surface area contributed by atoms with Crippen LogP contribution < -0.4 is 0 Å². The van der Waals surface area contributed by atoms with Gasteiger partial charge in [0, 0.05) is 6.61 Å². The third-order valence-electron chi connectivity index (χ3n) is 3.16. The summed E-state index contributed by atoms with van der Waals surface area (Å²) in [5.74, 6) is 0. The van der Waals surface area contributed by atoms with Crippen LogP contribution in [0.2, 0.25) is 0 Å². The largest absolute Gasteiger partial charge is 0.379 e. The highest BCUT2D eigenvalue weighted by Gasteiger charge is 2.14. The van der Waals surface area contributed by atoms with Crippen molar-refractivity contribution < 1.29 is 26.8 Å². The molecule has 1 rings (SSSR count). The molecule has 0 bridgehead atoms. The number of unbranched alkanes of at least 4 members (excludes halogenated alkanes) is 1. The van der Waals surface area contributed by atoms with Crippen molar-refractivity contribution in [3.8, 4) is 0 Å². The Balaban J connectivity index is 2.01. The van der Waals surface area contributed by atoms with Gasteiger partial charge in [-0.15, -0.1) is 0 Å². The number of rotatable bonds is 14. The van der Waals surface area contributed by atoms with Gasteiger partial charge in [0.2, 0.25) is 0 Å². The molecule has 138 valence electrons. The summed E-state index contributed by atoms with van der Waals surface area (Å²) in [6.07, 6.45) is 2.19. The average molecular weight is 360 g/mol. The van der Waals surface area contributed by atoms with Crippen LogP contribution in [0.3, 0.4) is 0 Å². The fourth-order valence-corrected chi connectivity index (χ4v) is 2.66. The van der Waals surface area contributed by atoms with E-state index in [1.807, 2.05) is 6.92 Å². The van der Waals surface area contributed by atoms with E-state index in [2.05, 4.69) is 6.92 Å². The monoisotopic (exact) mass is 360 g/mol. The van der Waals surface area contributed by atoms with Gasteiger partial charge < -0.3 is 14.2 Å². The molecule has 0 aromatic heterocycles. The lowest BCUT2D eigenvalue weighted by molar-refractivity contribution is 0.00929. The molecule has 0 aliphatic heterocycles. The van der Waals surface area contributed by atoms with Crippen molar-refractivity contribution in [2.24, 2.45) is 0 Å². The molecule has 0 atom stereocenters. The molecule has 0 aliphatic rings. The zero-order valence-electron chi connectivity index (χ0n) is 14.5. The predicted molar refractivity (Wildman–Crippen MR) is 91.7 cm³/mol. The van der Waals surface area contributed by atoms with Crippen LogP contribution in [-0.2, 0) is 28.5 Å². The second-order valence-corrected chi connectivity index (χ2v) is 6.90. The smallest absolute Gasteiger partial charge is 0.297 e. The quantitative estimate of drug-likeness (QED) is 0.375. The van der Waals surface area contributed by atoms with Crippen molar-refractivity contribution in [3.05, 3.63) is 29.8 Å². The Morgan fingerprint density at radius 1 is 0.792 bits per heavy atom. The molecule has 6 nitrogen and oxygen atoms in total. The van der Waals surface area contributed by atoms with Crippen LogP contribution in [0.25, 0.3) is 0 Å². The van der Waals surface area contributed by atoms with Gasteiger partial charge in [-0.05, 0) is 25.5 Å². The molecule has 0 fully saturated rings. The van der Waals surface area contributed by atoms with Crippen LogP contribution in [-0.4, -0.2) is 54.7 Å². The molecule has 24 heavy (non-hydrogen) atoms. The maximum atomic E-state index is 11.9. The normalized spacial score (nSPS) is 11.8. The summed E-state index contributed by atoms with van der Waals surface area (Å²) in [6, 6.07) is 6.52. The molecule has 0 aliphatic carbocycles. The Bertz CT molecular complexity index is 527. The maximum Gasteiger partial charge on any atom is 0.297 e. The van der Waals surface area contributed by atoms with E-state index in [4.69, 9.17) is 18.4 Å². The van der Waals surface area contributed by atoms with E-state index in [0.717, 1.165) is 25.0 Å². The minimum Gasteiger partial charge on any atom is -0.379 e. The van der Waals surface area contributed by atoms with Gasteiger partial charge >= 0.3 is 0 Å². The van der Waals surface area contributed by atoms with E-state index < -0.39 is 10.1 Å². The van der Waals surface area contributed by atoms with E-state index in [-0.39, 0.29) is 18.1 Å².